The smallest absolute Gasteiger partial charge is 0.165 e. The molecular weight excluding hydrogens is 222 g/mol. The second-order valence-electron chi connectivity index (χ2n) is 3.70. The van der Waals surface area contributed by atoms with Crippen LogP contribution < -0.4 is 5.73 Å². The van der Waals surface area contributed by atoms with Crippen molar-refractivity contribution in [1.29, 1.82) is 0 Å². The summed E-state index contributed by atoms with van der Waals surface area (Å²) in [4.78, 5) is 12.2. The largest absolute Gasteiger partial charge is 0.394 e. The van der Waals surface area contributed by atoms with Crippen LogP contribution in [-0.4, -0.2) is 44.4 Å². The van der Waals surface area contributed by atoms with Gasteiger partial charge in [0.25, 0.3) is 0 Å². The minimum absolute atomic E-state index is 0.000251. The Bertz CT molecular complexity index is 494. The zero-order valence-corrected chi connectivity index (χ0v) is 9.58. The SMILES string of the molecule is COC(CO)CCn1cnc2c(N)ncnc21. The van der Waals surface area contributed by atoms with Gasteiger partial charge in [-0.15, -0.1) is 0 Å². The van der Waals surface area contributed by atoms with Crippen molar-refractivity contribution in [2.45, 2.75) is 19.1 Å². The van der Waals surface area contributed by atoms with Crippen LogP contribution in [0.25, 0.3) is 11.2 Å². The van der Waals surface area contributed by atoms with Crippen molar-refractivity contribution in [2.24, 2.45) is 0 Å². The summed E-state index contributed by atoms with van der Waals surface area (Å²) in [6, 6.07) is 0. The predicted octanol–water partition coefficient (Wildman–Crippen LogP) is -0.194. The van der Waals surface area contributed by atoms with Crippen LogP contribution in [0, 0.1) is 0 Å². The molecule has 3 N–H and O–H groups in total. The third-order valence-electron chi connectivity index (χ3n) is 2.66. The van der Waals surface area contributed by atoms with Gasteiger partial charge in [-0.3, -0.25) is 0 Å². The molecule has 7 heteroatoms. The molecule has 0 aliphatic heterocycles. The minimum Gasteiger partial charge on any atom is -0.394 e. The lowest BCUT2D eigenvalue weighted by Crippen LogP contribution is -2.18. The summed E-state index contributed by atoms with van der Waals surface area (Å²) >= 11 is 0. The zero-order valence-electron chi connectivity index (χ0n) is 9.58. The molecule has 1 atom stereocenters. The number of fused-ring (bicyclic) bond motifs is 1. The Morgan fingerprint density at radius 2 is 2.29 bits per heavy atom. The molecular formula is C10H15N5O2. The molecule has 2 aromatic heterocycles. The standard InChI is InChI=1S/C10H15N5O2/c1-17-7(4-16)2-3-15-6-14-8-9(11)12-5-13-10(8)15/h5-7,16H,2-4H2,1H3,(H2,11,12,13). The average molecular weight is 237 g/mol. The van der Waals surface area contributed by atoms with Crippen molar-refractivity contribution >= 4 is 17.0 Å². The topological polar surface area (TPSA) is 99.1 Å². The molecule has 2 heterocycles. The number of methoxy groups -OCH3 is 1. The molecule has 2 aromatic rings. The van der Waals surface area contributed by atoms with Crippen molar-refractivity contribution in [3.63, 3.8) is 0 Å². The first-order valence-corrected chi connectivity index (χ1v) is 5.31. The van der Waals surface area contributed by atoms with E-state index >= 15 is 0 Å². The summed E-state index contributed by atoms with van der Waals surface area (Å²) in [5, 5.41) is 9.02. The molecule has 0 spiro atoms. The molecule has 1 unspecified atom stereocenters. The number of aliphatic hydroxyl groups excluding tert-OH is 1. The first-order chi connectivity index (χ1) is 8.26. The summed E-state index contributed by atoms with van der Waals surface area (Å²) in [5.41, 5.74) is 6.99. The van der Waals surface area contributed by atoms with Gasteiger partial charge in [-0.05, 0) is 6.42 Å². The van der Waals surface area contributed by atoms with Crippen LogP contribution in [0.2, 0.25) is 0 Å². The summed E-state index contributed by atoms with van der Waals surface area (Å²) < 4.78 is 6.96. The first-order valence-electron chi connectivity index (χ1n) is 5.31. The van der Waals surface area contributed by atoms with Crippen molar-refractivity contribution in [3.8, 4) is 0 Å². The summed E-state index contributed by atoms with van der Waals surface area (Å²) in [7, 11) is 1.58. The Balaban J connectivity index is 2.17. The maximum atomic E-state index is 9.02. The molecule has 92 valence electrons. The van der Waals surface area contributed by atoms with Crippen LogP contribution >= 0.6 is 0 Å². The second-order valence-corrected chi connectivity index (χ2v) is 3.70. The fourth-order valence-corrected chi connectivity index (χ4v) is 1.63. The number of aryl methyl sites for hydroxylation is 1. The summed E-state index contributed by atoms with van der Waals surface area (Å²) in [6.07, 6.45) is 3.59. The lowest BCUT2D eigenvalue weighted by atomic mass is 10.2. The predicted molar refractivity (Wildman–Crippen MR) is 62.2 cm³/mol. The van der Waals surface area contributed by atoms with Crippen LogP contribution in [0.15, 0.2) is 12.7 Å². The summed E-state index contributed by atoms with van der Waals surface area (Å²) in [5.74, 6) is 0.374. The second kappa shape index (κ2) is 5.07. The highest BCUT2D eigenvalue weighted by Crippen LogP contribution is 2.14. The van der Waals surface area contributed by atoms with Crippen LogP contribution in [-0.2, 0) is 11.3 Å². The molecule has 17 heavy (non-hydrogen) atoms. The Morgan fingerprint density at radius 1 is 1.47 bits per heavy atom. The van der Waals surface area contributed by atoms with E-state index in [4.69, 9.17) is 15.6 Å². The van der Waals surface area contributed by atoms with Gasteiger partial charge in [-0.1, -0.05) is 0 Å². The monoisotopic (exact) mass is 237 g/mol. The number of anilines is 1. The average Bonchev–Trinajstić information content (AvgIpc) is 2.75. The van der Waals surface area contributed by atoms with Crippen LogP contribution in [0.4, 0.5) is 5.82 Å². The van der Waals surface area contributed by atoms with Gasteiger partial charge < -0.3 is 20.1 Å². The molecule has 0 radical (unpaired) electrons. The number of hydrogen-bond acceptors (Lipinski definition) is 6. The lowest BCUT2D eigenvalue weighted by molar-refractivity contribution is 0.0405. The van der Waals surface area contributed by atoms with Crippen molar-refractivity contribution in [3.05, 3.63) is 12.7 Å². The molecule has 0 bridgehead atoms. The molecule has 2 rings (SSSR count). The Hall–Kier alpha value is -1.73. The molecule has 0 saturated carbocycles. The van der Waals surface area contributed by atoms with Gasteiger partial charge in [-0.25, -0.2) is 15.0 Å². The van der Waals surface area contributed by atoms with Gasteiger partial charge in [-0.2, -0.15) is 0 Å². The van der Waals surface area contributed by atoms with Gasteiger partial charge >= 0.3 is 0 Å². The number of imidazole rings is 1. The molecule has 0 saturated heterocycles. The fourth-order valence-electron chi connectivity index (χ4n) is 1.63. The molecule has 0 aliphatic rings. The number of nitrogens with two attached hydrogens (primary N) is 1. The van der Waals surface area contributed by atoms with Crippen LogP contribution in [0.3, 0.4) is 0 Å². The number of nitrogen functional groups attached to an aromatic ring is 1. The Morgan fingerprint density at radius 3 is 3.00 bits per heavy atom. The maximum Gasteiger partial charge on any atom is 0.165 e. The Labute approximate surface area is 98.3 Å². The van der Waals surface area contributed by atoms with E-state index in [9.17, 15) is 0 Å². The number of rotatable bonds is 5. The third-order valence-corrected chi connectivity index (χ3v) is 2.66. The van der Waals surface area contributed by atoms with Crippen molar-refractivity contribution in [2.75, 3.05) is 19.5 Å². The van der Waals surface area contributed by atoms with Crippen molar-refractivity contribution in [1.82, 2.24) is 19.5 Å². The quantitative estimate of drug-likeness (QED) is 0.747. The lowest BCUT2D eigenvalue weighted by Gasteiger charge is -2.12. The molecule has 0 aromatic carbocycles. The normalized spacial score (nSPS) is 13.1. The van der Waals surface area contributed by atoms with E-state index < -0.39 is 0 Å². The van der Waals surface area contributed by atoms with Gasteiger partial charge in [0.15, 0.2) is 11.5 Å². The first kappa shape index (κ1) is 11.7. The van der Waals surface area contributed by atoms with E-state index in [0.29, 0.717) is 29.9 Å². The van der Waals surface area contributed by atoms with Gasteiger partial charge in [0.05, 0.1) is 19.0 Å². The van der Waals surface area contributed by atoms with Crippen LogP contribution in [0.1, 0.15) is 6.42 Å². The van der Waals surface area contributed by atoms with Gasteiger partial charge in [0.1, 0.15) is 11.8 Å². The number of hydrogen-bond donors (Lipinski definition) is 2. The van der Waals surface area contributed by atoms with Gasteiger partial charge in [0.2, 0.25) is 0 Å². The highest BCUT2D eigenvalue weighted by Gasteiger charge is 2.10. The maximum absolute atomic E-state index is 9.02. The number of nitrogens with zero attached hydrogens (tertiary/aromatic N) is 4. The van der Waals surface area contributed by atoms with E-state index in [1.54, 1.807) is 13.4 Å². The van der Waals surface area contributed by atoms with Gasteiger partial charge in [0, 0.05) is 13.7 Å². The summed E-state index contributed by atoms with van der Waals surface area (Å²) in [6.45, 7) is 0.659. The molecule has 0 amide bonds. The van der Waals surface area contributed by atoms with E-state index in [1.807, 2.05) is 4.57 Å². The number of aliphatic hydroxyl groups is 1. The van der Waals surface area contributed by atoms with Crippen LogP contribution in [0.5, 0.6) is 0 Å². The van der Waals surface area contributed by atoms with E-state index in [1.165, 1.54) is 6.33 Å². The zero-order chi connectivity index (χ0) is 12.3. The van der Waals surface area contributed by atoms with E-state index in [2.05, 4.69) is 15.0 Å². The number of aromatic nitrogens is 4. The van der Waals surface area contributed by atoms with E-state index in [0.717, 1.165) is 0 Å². The molecule has 7 nitrogen and oxygen atoms in total. The Kier molecular flexibility index (Phi) is 3.50. The molecule has 0 aliphatic carbocycles. The van der Waals surface area contributed by atoms with Crippen molar-refractivity contribution < 1.29 is 9.84 Å². The minimum atomic E-state index is -0.174. The fraction of sp³-hybridized carbons (Fsp3) is 0.500. The van der Waals surface area contributed by atoms with E-state index in [-0.39, 0.29) is 12.7 Å². The molecule has 0 fully saturated rings. The highest BCUT2D eigenvalue weighted by molar-refractivity contribution is 5.80. The number of ether oxygens (including phenoxy) is 1. The third kappa shape index (κ3) is 2.34. The highest BCUT2D eigenvalue weighted by atomic mass is 16.5.